The van der Waals surface area contributed by atoms with Gasteiger partial charge in [0, 0.05) is 11.5 Å². The summed E-state index contributed by atoms with van der Waals surface area (Å²) in [7, 11) is 1.52. The second-order valence-corrected chi connectivity index (χ2v) is 7.31. The van der Waals surface area contributed by atoms with Crippen LogP contribution in [0.5, 0.6) is 5.75 Å². The summed E-state index contributed by atoms with van der Waals surface area (Å²) in [6.07, 6.45) is 0. The fourth-order valence-electron chi connectivity index (χ4n) is 3.03. The summed E-state index contributed by atoms with van der Waals surface area (Å²) < 4.78 is 11.7. The van der Waals surface area contributed by atoms with Crippen molar-refractivity contribution in [2.45, 2.75) is 27.3 Å². The number of aromatic nitrogens is 2. The van der Waals surface area contributed by atoms with Gasteiger partial charge in [0.2, 0.25) is 5.91 Å². The summed E-state index contributed by atoms with van der Waals surface area (Å²) in [5, 5.41) is 3.75. The number of benzene rings is 1. The van der Waals surface area contributed by atoms with Crippen LogP contribution in [0, 0.1) is 13.8 Å². The number of carbonyl (C=O) groups is 2. The topological polar surface area (TPSA) is 99.5 Å². The minimum absolute atomic E-state index is 0.219. The molecule has 0 aliphatic rings. The van der Waals surface area contributed by atoms with Gasteiger partial charge >= 0.3 is 5.97 Å². The maximum absolute atomic E-state index is 12.6. The summed E-state index contributed by atoms with van der Waals surface area (Å²) in [4.78, 5) is 41.7. The number of rotatable bonds is 6. The van der Waals surface area contributed by atoms with Gasteiger partial charge in [0.1, 0.15) is 17.2 Å². The van der Waals surface area contributed by atoms with Gasteiger partial charge in [-0.2, -0.15) is 0 Å². The second-order valence-electron chi connectivity index (χ2n) is 6.31. The number of amides is 1. The molecular formula is C20H21N3O5S. The number of aryl methyl sites for hydroxylation is 2. The SMILES string of the molecule is CCOC(=O)c1sc(NC(=O)Cn2c(=O)cc(C)c3cccc(OC)c32)nc1C. The molecule has 3 rings (SSSR count). The highest BCUT2D eigenvalue weighted by atomic mass is 32.1. The molecule has 1 amide bonds. The number of nitrogens with one attached hydrogen (secondary N) is 1. The van der Waals surface area contributed by atoms with Crippen molar-refractivity contribution in [1.82, 2.24) is 9.55 Å². The Morgan fingerprint density at radius 2 is 2.03 bits per heavy atom. The van der Waals surface area contributed by atoms with E-state index >= 15 is 0 Å². The van der Waals surface area contributed by atoms with Crippen LogP contribution in [0.1, 0.15) is 27.9 Å². The lowest BCUT2D eigenvalue weighted by Crippen LogP contribution is -2.28. The predicted octanol–water partition coefficient (Wildman–Crippen LogP) is 2.90. The lowest BCUT2D eigenvalue weighted by molar-refractivity contribution is -0.116. The van der Waals surface area contributed by atoms with Crippen molar-refractivity contribution in [3.8, 4) is 5.75 Å². The van der Waals surface area contributed by atoms with E-state index in [2.05, 4.69) is 10.3 Å². The zero-order valence-corrected chi connectivity index (χ0v) is 17.4. The molecule has 3 aromatic rings. The van der Waals surface area contributed by atoms with E-state index in [4.69, 9.17) is 9.47 Å². The van der Waals surface area contributed by atoms with Crippen molar-refractivity contribution in [3.05, 3.63) is 50.8 Å². The van der Waals surface area contributed by atoms with Crippen molar-refractivity contribution < 1.29 is 19.1 Å². The first kappa shape index (κ1) is 20.5. The van der Waals surface area contributed by atoms with Crippen LogP contribution in [0.4, 0.5) is 5.13 Å². The van der Waals surface area contributed by atoms with E-state index in [9.17, 15) is 14.4 Å². The largest absolute Gasteiger partial charge is 0.495 e. The summed E-state index contributed by atoms with van der Waals surface area (Å²) in [5.74, 6) is -0.411. The van der Waals surface area contributed by atoms with Crippen LogP contribution < -0.4 is 15.6 Å². The number of pyridine rings is 1. The molecule has 2 aromatic heterocycles. The van der Waals surface area contributed by atoms with E-state index in [0.717, 1.165) is 22.3 Å². The molecule has 0 saturated heterocycles. The molecule has 1 N–H and O–H groups in total. The Kier molecular flexibility index (Phi) is 5.97. The number of esters is 1. The fraction of sp³-hybridized carbons (Fsp3) is 0.300. The lowest BCUT2D eigenvalue weighted by atomic mass is 10.1. The van der Waals surface area contributed by atoms with E-state index < -0.39 is 11.9 Å². The van der Waals surface area contributed by atoms with Crippen molar-refractivity contribution in [3.63, 3.8) is 0 Å². The molecular weight excluding hydrogens is 394 g/mol. The van der Waals surface area contributed by atoms with E-state index in [0.29, 0.717) is 21.8 Å². The molecule has 0 aliphatic carbocycles. The zero-order chi connectivity index (χ0) is 21.1. The molecule has 9 heteroatoms. The number of ether oxygens (including phenoxy) is 2. The average molecular weight is 415 g/mol. The van der Waals surface area contributed by atoms with Gasteiger partial charge in [-0.15, -0.1) is 0 Å². The third-order valence-electron chi connectivity index (χ3n) is 4.33. The molecule has 0 unspecified atom stereocenters. The monoisotopic (exact) mass is 415 g/mol. The fourth-order valence-corrected chi connectivity index (χ4v) is 3.91. The Hall–Kier alpha value is -3.20. The summed E-state index contributed by atoms with van der Waals surface area (Å²) in [5.41, 5.74) is 1.52. The summed E-state index contributed by atoms with van der Waals surface area (Å²) in [6, 6.07) is 6.93. The first-order chi connectivity index (χ1) is 13.8. The number of para-hydroxylation sites is 1. The molecule has 29 heavy (non-hydrogen) atoms. The molecule has 0 fully saturated rings. The van der Waals surface area contributed by atoms with Gasteiger partial charge in [-0.1, -0.05) is 23.5 Å². The molecule has 0 bridgehead atoms. The Morgan fingerprint density at radius 1 is 1.28 bits per heavy atom. The highest BCUT2D eigenvalue weighted by Crippen LogP contribution is 2.27. The van der Waals surface area contributed by atoms with Crippen LogP contribution in [0.3, 0.4) is 0 Å². The van der Waals surface area contributed by atoms with Crippen LogP contribution in [0.2, 0.25) is 0 Å². The Bertz CT molecular complexity index is 1150. The van der Waals surface area contributed by atoms with E-state index in [-0.39, 0.29) is 23.8 Å². The highest BCUT2D eigenvalue weighted by Gasteiger charge is 2.19. The maximum atomic E-state index is 12.6. The number of fused-ring (bicyclic) bond motifs is 1. The number of hydrogen-bond acceptors (Lipinski definition) is 7. The smallest absolute Gasteiger partial charge is 0.350 e. The van der Waals surface area contributed by atoms with Crippen LogP contribution in [-0.2, 0) is 16.1 Å². The quantitative estimate of drug-likeness (QED) is 0.622. The molecule has 0 spiro atoms. The van der Waals surface area contributed by atoms with Gasteiger partial charge in [-0.05, 0) is 32.4 Å². The third-order valence-corrected chi connectivity index (χ3v) is 5.38. The van der Waals surface area contributed by atoms with Gasteiger partial charge in [0.25, 0.3) is 5.56 Å². The molecule has 2 heterocycles. The standard InChI is InChI=1S/C20H21N3O5S/c1-5-28-19(26)18-12(3)21-20(29-18)22-15(24)10-23-16(25)9-11(2)13-7-6-8-14(27-4)17(13)23/h6-9H,5,10H2,1-4H3,(H,21,22,24). The number of methoxy groups -OCH3 is 1. The van der Waals surface area contributed by atoms with Crippen molar-refractivity contribution in [2.24, 2.45) is 0 Å². The van der Waals surface area contributed by atoms with E-state index in [1.165, 1.54) is 17.7 Å². The van der Waals surface area contributed by atoms with Crippen molar-refractivity contribution in [1.29, 1.82) is 0 Å². The molecule has 152 valence electrons. The molecule has 0 saturated carbocycles. The Labute approximate surface area is 171 Å². The number of carbonyl (C=O) groups excluding carboxylic acids is 2. The molecule has 0 atom stereocenters. The van der Waals surface area contributed by atoms with Gasteiger partial charge in [-0.3, -0.25) is 14.2 Å². The molecule has 0 radical (unpaired) electrons. The lowest BCUT2D eigenvalue weighted by Gasteiger charge is -2.14. The molecule has 0 aliphatic heterocycles. The average Bonchev–Trinajstić information content (AvgIpc) is 3.04. The van der Waals surface area contributed by atoms with E-state index in [1.54, 1.807) is 19.9 Å². The number of hydrogen-bond donors (Lipinski definition) is 1. The van der Waals surface area contributed by atoms with E-state index in [1.807, 2.05) is 19.1 Å². The van der Waals surface area contributed by atoms with Crippen LogP contribution >= 0.6 is 11.3 Å². The molecule has 1 aromatic carbocycles. The van der Waals surface area contributed by atoms with Crippen molar-refractivity contribution >= 4 is 39.2 Å². The van der Waals surface area contributed by atoms with Gasteiger partial charge in [0.15, 0.2) is 5.13 Å². The Morgan fingerprint density at radius 3 is 2.72 bits per heavy atom. The number of nitrogens with zero attached hydrogens (tertiary/aromatic N) is 2. The first-order valence-corrected chi connectivity index (χ1v) is 9.78. The maximum Gasteiger partial charge on any atom is 0.350 e. The van der Waals surface area contributed by atoms with Gasteiger partial charge in [-0.25, -0.2) is 9.78 Å². The number of thiazole rings is 1. The summed E-state index contributed by atoms with van der Waals surface area (Å²) >= 11 is 1.03. The second kappa shape index (κ2) is 8.44. The minimum Gasteiger partial charge on any atom is -0.495 e. The van der Waals surface area contributed by atoms with Crippen LogP contribution in [0.25, 0.3) is 10.9 Å². The third kappa shape index (κ3) is 4.14. The predicted molar refractivity (Wildman–Crippen MR) is 111 cm³/mol. The van der Waals surface area contributed by atoms with Gasteiger partial charge in [0.05, 0.1) is 24.9 Å². The minimum atomic E-state index is -0.478. The normalized spacial score (nSPS) is 10.8. The van der Waals surface area contributed by atoms with Crippen LogP contribution in [-0.4, -0.2) is 35.1 Å². The first-order valence-electron chi connectivity index (χ1n) is 8.97. The highest BCUT2D eigenvalue weighted by molar-refractivity contribution is 7.17. The summed E-state index contributed by atoms with van der Waals surface area (Å²) in [6.45, 7) is 5.26. The van der Waals surface area contributed by atoms with Crippen LogP contribution in [0.15, 0.2) is 29.1 Å². The van der Waals surface area contributed by atoms with Gasteiger partial charge < -0.3 is 14.8 Å². The van der Waals surface area contributed by atoms with Crippen molar-refractivity contribution in [2.75, 3.05) is 19.0 Å². The molecule has 8 nitrogen and oxygen atoms in total. The number of anilines is 1. The zero-order valence-electron chi connectivity index (χ0n) is 16.6. The Balaban J connectivity index is 1.91.